The summed E-state index contributed by atoms with van der Waals surface area (Å²) in [6.07, 6.45) is 5.41. The fraction of sp³-hybridized carbons (Fsp3) is 0.412. The van der Waals surface area contributed by atoms with E-state index >= 15 is 0 Å². The zero-order chi connectivity index (χ0) is 15.8. The highest BCUT2D eigenvalue weighted by molar-refractivity contribution is 7.80. The first kappa shape index (κ1) is 16.5. The van der Waals surface area contributed by atoms with Crippen molar-refractivity contribution < 1.29 is 0 Å². The molecule has 0 atom stereocenters. The van der Waals surface area contributed by atoms with Crippen LogP contribution >= 0.6 is 12.2 Å². The lowest BCUT2D eigenvalue weighted by Crippen LogP contribution is -2.28. The van der Waals surface area contributed by atoms with Gasteiger partial charge in [-0.1, -0.05) is 25.5 Å². The molecule has 22 heavy (non-hydrogen) atoms. The first-order valence-corrected chi connectivity index (χ1v) is 8.28. The van der Waals surface area contributed by atoms with Crippen LogP contribution in [0, 0.1) is 0 Å². The Morgan fingerprint density at radius 3 is 2.64 bits per heavy atom. The van der Waals surface area contributed by atoms with Crippen LogP contribution in [0.1, 0.15) is 37.9 Å². The van der Waals surface area contributed by atoms with E-state index in [1.807, 2.05) is 16.9 Å². The Labute approximate surface area is 137 Å². The molecule has 5 heteroatoms. The molecule has 0 saturated carbocycles. The van der Waals surface area contributed by atoms with Crippen molar-refractivity contribution >= 4 is 23.0 Å². The van der Waals surface area contributed by atoms with Gasteiger partial charge in [0.2, 0.25) is 0 Å². The lowest BCUT2D eigenvalue weighted by atomic mass is 10.1. The molecule has 1 aromatic carbocycles. The second-order valence-electron chi connectivity index (χ2n) is 5.25. The van der Waals surface area contributed by atoms with E-state index in [0.29, 0.717) is 11.7 Å². The quantitative estimate of drug-likeness (QED) is 0.764. The van der Waals surface area contributed by atoms with Crippen molar-refractivity contribution in [2.75, 3.05) is 5.32 Å². The summed E-state index contributed by atoms with van der Waals surface area (Å²) in [6.45, 7) is 5.83. The number of benzene rings is 1. The summed E-state index contributed by atoms with van der Waals surface area (Å²) in [6, 6.07) is 10.5. The Morgan fingerprint density at radius 1 is 1.18 bits per heavy atom. The van der Waals surface area contributed by atoms with Crippen LogP contribution in [0.4, 0.5) is 5.69 Å². The minimum Gasteiger partial charge on any atom is -0.357 e. The van der Waals surface area contributed by atoms with Crippen LogP contribution in [-0.4, -0.2) is 14.9 Å². The molecule has 1 aromatic heterocycles. The van der Waals surface area contributed by atoms with Crippen LogP contribution in [0.15, 0.2) is 36.5 Å². The minimum atomic E-state index is 0.630. The van der Waals surface area contributed by atoms with Gasteiger partial charge in [0.25, 0.3) is 0 Å². The van der Waals surface area contributed by atoms with Gasteiger partial charge in [0.05, 0.1) is 12.2 Å². The monoisotopic (exact) mass is 316 g/mol. The van der Waals surface area contributed by atoms with Crippen LogP contribution in [0.5, 0.6) is 0 Å². The number of hydrogen-bond donors (Lipinski definition) is 2. The summed E-state index contributed by atoms with van der Waals surface area (Å²) in [5.74, 6) is 0. The Morgan fingerprint density at radius 2 is 1.95 bits per heavy atom. The molecule has 0 aliphatic carbocycles. The molecule has 2 aromatic rings. The van der Waals surface area contributed by atoms with Crippen LogP contribution in [0.2, 0.25) is 0 Å². The van der Waals surface area contributed by atoms with Crippen LogP contribution < -0.4 is 10.6 Å². The van der Waals surface area contributed by atoms with E-state index < -0.39 is 0 Å². The van der Waals surface area contributed by atoms with Gasteiger partial charge >= 0.3 is 0 Å². The molecular formula is C17H24N4S. The summed E-state index contributed by atoms with van der Waals surface area (Å²) in [4.78, 5) is 0. The highest BCUT2D eigenvalue weighted by atomic mass is 32.1. The summed E-state index contributed by atoms with van der Waals surface area (Å²) < 4.78 is 1.96. The Kier molecular flexibility index (Phi) is 6.40. The standard InChI is InChI=1S/C17H24N4S/c1-3-5-6-14-7-9-15(10-8-14)20-17(22)18-13-16-11-12-19-21(16)4-2/h7-12H,3-6,13H2,1-2H3,(H2,18,20,22). The molecule has 0 spiro atoms. The molecule has 2 N–H and O–H groups in total. The van der Waals surface area contributed by atoms with Crippen molar-refractivity contribution in [1.29, 1.82) is 0 Å². The highest BCUT2D eigenvalue weighted by Gasteiger charge is 2.02. The van der Waals surface area contributed by atoms with Gasteiger partial charge in [-0.25, -0.2) is 0 Å². The van der Waals surface area contributed by atoms with Gasteiger partial charge in [-0.2, -0.15) is 5.10 Å². The predicted octanol–water partition coefficient (Wildman–Crippen LogP) is 3.73. The molecule has 0 bridgehead atoms. The van der Waals surface area contributed by atoms with E-state index in [0.717, 1.165) is 24.3 Å². The van der Waals surface area contributed by atoms with Crippen molar-refractivity contribution in [3.05, 3.63) is 47.8 Å². The van der Waals surface area contributed by atoms with Gasteiger partial charge in [-0.05, 0) is 55.7 Å². The van der Waals surface area contributed by atoms with Crippen LogP contribution in [-0.2, 0) is 19.5 Å². The molecule has 0 aliphatic rings. The zero-order valence-electron chi connectivity index (χ0n) is 13.3. The number of hydrogen-bond acceptors (Lipinski definition) is 2. The normalized spacial score (nSPS) is 10.5. The predicted molar refractivity (Wildman–Crippen MR) is 96.0 cm³/mol. The number of aryl methyl sites for hydroxylation is 2. The first-order chi connectivity index (χ1) is 10.7. The average molecular weight is 316 g/mol. The van der Waals surface area contributed by atoms with Gasteiger partial charge in [-0.3, -0.25) is 4.68 Å². The van der Waals surface area contributed by atoms with E-state index in [-0.39, 0.29) is 0 Å². The SMILES string of the molecule is CCCCc1ccc(NC(=S)NCc2ccnn2CC)cc1. The molecular weight excluding hydrogens is 292 g/mol. The van der Waals surface area contributed by atoms with E-state index in [2.05, 4.69) is 53.8 Å². The second kappa shape index (κ2) is 8.54. The van der Waals surface area contributed by atoms with E-state index in [9.17, 15) is 0 Å². The molecule has 1 heterocycles. The Balaban J connectivity index is 1.81. The molecule has 0 saturated heterocycles. The van der Waals surface area contributed by atoms with Crippen LogP contribution in [0.3, 0.4) is 0 Å². The Hall–Kier alpha value is -1.88. The van der Waals surface area contributed by atoms with Gasteiger partial charge in [-0.15, -0.1) is 0 Å². The van der Waals surface area contributed by atoms with Gasteiger partial charge < -0.3 is 10.6 Å². The Bertz CT molecular complexity index is 589. The molecule has 4 nitrogen and oxygen atoms in total. The van der Waals surface area contributed by atoms with E-state index in [1.54, 1.807) is 0 Å². The molecule has 0 amide bonds. The first-order valence-electron chi connectivity index (χ1n) is 7.87. The maximum absolute atomic E-state index is 5.34. The number of unbranched alkanes of at least 4 members (excludes halogenated alkanes) is 1. The number of anilines is 1. The summed E-state index contributed by atoms with van der Waals surface area (Å²) in [7, 11) is 0. The largest absolute Gasteiger partial charge is 0.357 e. The maximum atomic E-state index is 5.34. The number of nitrogens with zero attached hydrogens (tertiary/aromatic N) is 2. The number of aromatic nitrogens is 2. The van der Waals surface area contributed by atoms with Crippen molar-refractivity contribution in [1.82, 2.24) is 15.1 Å². The minimum absolute atomic E-state index is 0.630. The molecule has 0 unspecified atom stereocenters. The van der Waals surface area contributed by atoms with Crippen molar-refractivity contribution in [3.8, 4) is 0 Å². The lowest BCUT2D eigenvalue weighted by Gasteiger charge is -2.11. The van der Waals surface area contributed by atoms with E-state index in [4.69, 9.17) is 12.2 Å². The van der Waals surface area contributed by atoms with Crippen molar-refractivity contribution in [3.63, 3.8) is 0 Å². The van der Waals surface area contributed by atoms with Gasteiger partial charge in [0.1, 0.15) is 0 Å². The summed E-state index contributed by atoms with van der Waals surface area (Å²) in [5.41, 5.74) is 3.52. The third kappa shape index (κ3) is 4.84. The van der Waals surface area contributed by atoms with Gasteiger partial charge in [0, 0.05) is 18.4 Å². The van der Waals surface area contributed by atoms with Crippen LogP contribution in [0.25, 0.3) is 0 Å². The summed E-state index contributed by atoms with van der Waals surface area (Å²) in [5, 5.41) is 11.3. The molecule has 0 aliphatic heterocycles. The third-order valence-electron chi connectivity index (χ3n) is 3.56. The maximum Gasteiger partial charge on any atom is 0.171 e. The number of nitrogens with one attached hydrogen (secondary N) is 2. The summed E-state index contributed by atoms with van der Waals surface area (Å²) >= 11 is 5.34. The second-order valence-corrected chi connectivity index (χ2v) is 5.65. The lowest BCUT2D eigenvalue weighted by molar-refractivity contribution is 0.614. The average Bonchev–Trinajstić information content (AvgIpc) is 3.00. The molecule has 0 fully saturated rings. The van der Waals surface area contributed by atoms with Crippen molar-refractivity contribution in [2.45, 2.75) is 46.2 Å². The molecule has 0 radical (unpaired) electrons. The fourth-order valence-corrected chi connectivity index (χ4v) is 2.47. The zero-order valence-corrected chi connectivity index (χ0v) is 14.1. The molecule has 118 valence electrons. The number of rotatable bonds is 7. The number of thiocarbonyl (C=S) groups is 1. The van der Waals surface area contributed by atoms with E-state index in [1.165, 1.54) is 18.4 Å². The topological polar surface area (TPSA) is 41.9 Å². The third-order valence-corrected chi connectivity index (χ3v) is 3.81. The smallest absolute Gasteiger partial charge is 0.171 e. The van der Waals surface area contributed by atoms with Gasteiger partial charge in [0.15, 0.2) is 5.11 Å². The highest BCUT2D eigenvalue weighted by Crippen LogP contribution is 2.11. The molecule has 2 rings (SSSR count). The fourth-order valence-electron chi connectivity index (χ4n) is 2.28. The van der Waals surface area contributed by atoms with Crippen molar-refractivity contribution in [2.24, 2.45) is 0 Å².